The van der Waals surface area contributed by atoms with E-state index in [9.17, 15) is 18.0 Å². The highest BCUT2D eigenvalue weighted by atomic mass is 35.5. The Balaban J connectivity index is 2.16. The Labute approximate surface area is 145 Å². The number of alkyl halides is 4. The van der Waals surface area contributed by atoms with Crippen molar-refractivity contribution in [2.45, 2.75) is 31.3 Å². The van der Waals surface area contributed by atoms with Crippen molar-refractivity contribution in [3.05, 3.63) is 23.5 Å². The van der Waals surface area contributed by atoms with Gasteiger partial charge < -0.3 is 18.8 Å². The number of fused-ring (bicyclic) bond motifs is 1. The van der Waals surface area contributed by atoms with Gasteiger partial charge >= 0.3 is 12.3 Å². The summed E-state index contributed by atoms with van der Waals surface area (Å²) in [7, 11) is 1.14. The Bertz CT molecular complexity index is 802. The molecule has 10 heteroatoms. The van der Waals surface area contributed by atoms with E-state index in [1.54, 1.807) is 4.57 Å². The molecule has 1 saturated heterocycles. The molecular formula is C15H14ClF3N2O4. The summed E-state index contributed by atoms with van der Waals surface area (Å²) in [6, 6.07) is 2.36. The van der Waals surface area contributed by atoms with Gasteiger partial charge in [0.05, 0.1) is 36.7 Å². The van der Waals surface area contributed by atoms with Crippen LogP contribution in [-0.2, 0) is 21.9 Å². The molecule has 0 spiro atoms. The third kappa shape index (κ3) is 3.67. The number of hydrogen-bond donors (Lipinski definition) is 0. The monoisotopic (exact) mass is 378 g/mol. The first-order valence-electron chi connectivity index (χ1n) is 7.37. The number of esters is 1. The summed E-state index contributed by atoms with van der Waals surface area (Å²) in [5.41, 5.74) is 0.194. The van der Waals surface area contributed by atoms with Gasteiger partial charge in [0, 0.05) is 6.61 Å². The van der Waals surface area contributed by atoms with E-state index in [4.69, 9.17) is 16.3 Å². The molecular weight excluding hydrogens is 365 g/mol. The summed E-state index contributed by atoms with van der Waals surface area (Å²) in [6.07, 6.45) is -4.18. The quantitative estimate of drug-likeness (QED) is 0.590. The van der Waals surface area contributed by atoms with Gasteiger partial charge in [-0.05, 0) is 18.6 Å². The average molecular weight is 379 g/mol. The minimum absolute atomic E-state index is 0.0135. The molecule has 0 saturated carbocycles. The summed E-state index contributed by atoms with van der Waals surface area (Å²) < 4.78 is 53.8. The van der Waals surface area contributed by atoms with Crippen molar-refractivity contribution in [3.8, 4) is 5.75 Å². The lowest BCUT2D eigenvalue weighted by molar-refractivity contribution is -0.274. The number of nitrogens with zero attached hydrogens (tertiary/aromatic N) is 2. The normalized spacial score (nSPS) is 17.4. The number of benzene rings is 1. The number of methoxy groups -OCH3 is 1. The van der Waals surface area contributed by atoms with Crippen molar-refractivity contribution in [3.63, 3.8) is 0 Å². The molecule has 1 aliphatic rings. The van der Waals surface area contributed by atoms with Crippen LogP contribution in [0.3, 0.4) is 0 Å². The number of rotatable bonds is 5. The number of carbonyl (C=O) groups is 1. The molecule has 2 aromatic rings. The van der Waals surface area contributed by atoms with Crippen LogP contribution in [0.25, 0.3) is 11.0 Å². The van der Waals surface area contributed by atoms with Crippen LogP contribution in [0.1, 0.15) is 22.6 Å². The number of halogens is 4. The van der Waals surface area contributed by atoms with Gasteiger partial charge in [-0.1, -0.05) is 0 Å². The molecule has 2 heterocycles. The minimum Gasteiger partial charge on any atom is -0.465 e. The van der Waals surface area contributed by atoms with Crippen LogP contribution in [0, 0.1) is 0 Å². The van der Waals surface area contributed by atoms with E-state index in [-0.39, 0.29) is 23.1 Å². The van der Waals surface area contributed by atoms with Gasteiger partial charge in [-0.15, -0.1) is 24.8 Å². The fraction of sp³-hybridized carbons (Fsp3) is 0.467. The van der Waals surface area contributed by atoms with E-state index in [0.717, 1.165) is 19.6 Å². The van der Waals surface area contributed by atoms with E-state index in [0.29, 0.717) is 24.5 Å². The Hall–Kier alpha value is -2.00. The van der Waals surface area contributed by atoms with Crippen LogP contribution in [0.2, 0.25) is 0 Å². The molecule has 1 aromatic carbocycles. The van der Waals surface area contributed by atoms with Crippen molar-refractivity contribution in [2.24, 2.45) is 0 Å². The van der Waals surface area contributed by atoms with E-state index >= 15 is 0 Å². The molecule has 0 amide bonds. The van der Waals surface area contributed by atoms with Crippen molar-refractivity contribution < 1.29 is 32.2 Å². The lowest BCUT2D eigenvalue weighted by Gasteiger charge is -2.27. The molecule has 0 aliphatic carbocycles. The molecule has 1 atom stereocenters. The van der Waals surface area contributed by atoms with Crippen molar-refractivity contribution in [2.75, 3.05) is 13.7 Å². The van der Waals surface area contributed by atoms with Gasteiger partial charge in [0.1, 0.15) is 11.3 Å². The average Bonchev–Trinajstić information content (AvgIpc) is 2.86. The Morgan fingerprint density at radius 1 is 1.48 bits per heavy atom. The maximum absolute atomic E-state index is 12.7. The lowest BCUT2D eigenvalue weighted by Crippen LogP contribution is -2.31. The second kappa shape index (κ2) is 6.72. The standard InChI is InChI=1S/C15H14ClF3N2O4/c1-23-14(22)8-4-10-13(11(5-8)25-15(17,18)19)20-12(6-16)21(10)7-9-2-3-24-9/h4-5,9H,2-3,6-7H2,1H3/t9-/m0/s1. The lowest BCUT2D eigenvalue weighted by atomic mass is 10.1. The van der Waals surface area contributed by atoms with Gasteiger partial charge in [0.15, 0.2) is 5.75 Å². The van der Waals surface area contributed by atoms with E-state index in [2.05, 4.69) is 14.5 Å². The fourth-order valence-corrected chi connectivity index (χ4v) is 2.82. The molecule has 1 fully saturated rings. The number of ether oxygens (including phenoxy) is 3. The second-order valence-corrected chi connectivity index (χ2v) is 5.70. The molecule has 0 radical (unpaired) electrons. The summed E-state index contributed by atoms with van der Waals surface area (Å²) in [5.74, 6) is -1.01. The Morgan fingerprint density at radius 2 is 2.20 bits per heavy atom. The molecule has 1 aromatic heterocycles. The van der Waals surface area contributed by atoms with Crippen LogP contribution < -0.4 is 4.74 Å². The van der Waals surface area contributed by atoms with Crippen LogP contribution >= 0.6 is 11.6 Å². The molecule has 0 bridgehead atoms. The summed E-state index contributed by atoms with van der Waals surface area (Å²) in [5, 5.41) is 0. The van der Waals surface area contributed by atoms with Crippen molar-refractivity contribution in [1.29, 1.82) is 0 Å². The largest absolute Gasteiger partial charge is 0.573 e. The van der Waals surface area contributed by atoms with E-state index < -0.39 is 18.1 Å². The zero-order valence-corrected chi connectivity index (χ0v) is 13.9. The predicted molar refractivity (Wildman–Crippen MR) is 81.7 cm³/mol. The topological polar surface area (TPSA) is 62.6 Å². The highest BCUT2D eigenvalue weighted by Crippen LogP contribution is 2.33. The van der Waals surface area contributed by atoms with Crippen LogP contribution in [0.5, 0.6) is 5.75 Å². The van der Waals surface area contributed by atoms with E-state index in [1.165, 1.54) is 6.07 Å². The van der Waals surface area contributed by atoms with Gasteiger partial charge in [0.2, 0.25) is 0 Å². The summed E-state index contributed by atoms with van der Waals surface area (Å²) in [6.45, 7) is 0.998. The first kappa shape index (κ1) is 17.8. The third-order valence-electron chi connectivity index (χ3n) is 3.84. The van der Waals surface area contributed by atoms with Crippen molar-refractivity contribution >= 4 is 28.6 Å². The zero-order valence-electron chi connectivity index (χ0n) is 13.1. The summed E-state index contributed by atoms with van der Waals surface area (Å²) in [4.78, 5) is 16.0. The smallest absolute Gasteiger partial charge is 0.465 e. The first-order valence-corrected chi connectivity index (χ1v) is 7.90. The fourth-order valence-electron chi connectivity index (χ4n) is 2.62. The molecule has 1 aliphatic heterocycles. The van der Waals surface area contributed by atoms with Crippen molar-refractivity contribution in [1.82, 2.24) is 9.55 Å². The maximum atomic E-state index is 12.7. The number of carbonyl (C=O) groups excluding carboxylic acids is 1. The van der Waals surface area contributed by atoms with Gasteiger partial charge in [-0.25, -0.2) is 9.78 Å². The van der Waals surface area contributed by atoms with Crippen LogP contribution in [0.4, 0.5) is 13.2 Å². The molecule has 6 nitrogen and oxygen atoms in total. The van der Waals surface area contributed by atoms with Gasteiger partial charge in [-0.3, -0.25) is 0 Å². The molecule has 0 unspecified atom stereocenters. The minimum atomic E-state index is -4.93. The summed E-state index contributed by atoms with van der Waals surface area (Å²) >= 11 is 5.88. The van der Waals surface area contributed by atoms with Crippen LogP contribution in [-0.4, -0.2) is 41.7 Å². The van der Waals surface area contributed by atoms with E-state index in [1.807, 2.05) is 0 Å². The van der Waals surface area contributed by atoms with Gasteiger partial charge in [0.25, 0.3) is 0 Å². The number of hydrogen-bond acceptors (Lipinski definition) is 5. The van der Waals surface area contributed by atoms with Crippen LogP contribution in [0.15, 0.2) is 12.1 Å². The molecule has 136 valence electrons. The predicted octanol–water partition coefficient (Wildman–Crippen LogP) is 3.25. The number of imidazole rings is 1. The SMILES string of the molecule is COC(=O)c1cc(OC(F)(F)F)c2nc(CCl)n(C[C@@H]3CCO3)c2c1. The highest BCUT2D eigenvalue weighted by Gasteiger charge is 2.33. The van der Waals surface area contributed by atoms with Gasteiger partial charge in [-0.2, -0.15) is 0 Å². The zero-order chi connectivity index (χ0) is 18.2. The Morgan fingerprint density at radius 3 is 2.72 bits per heavy atom. The number of aromatic nitrogens is 2. The highest BCUT2D eigenvalue weighted by molar-refractivity contribution is 6.17. The molecule has 25 heavy (non-hydrogen) atoms. The molecule has 0 N–H and O–H groups in total. The molecule has 3 rings (SSSR count). The maximum Gasteiger partial charge on any atom is 0.573 e. The Kier molecular flexibility index (Phi) is 4.79. The first-order chi connectivity index (χ1) is 11.8. The second-order valence-electron chi connectivity index (χ2n) is 5.44. The third-order valence-corrected chi connectivity index (χ3v) is 4.08.